The van der Waals surface area contributed by atoms with Crippen LogP contribution < -0.4 is 14.3 Å². The number of hydrogen-bond acceptors (Lipinski definition) is 5. The number of carbonyl (C=O) groups excluding carboxylic acids is 1. The number of nitrogens with one attached hydrogen (secondary N) is 2. The molecule has 41 heavy (non-hydrogen) atoms. The maximum atomic E-state index is 13.7. The minimum atomic E-state index is -4.07. The van der Waals surface area contributed by atoms with Gasteiger partial charge >= 0.3 is 0 Å². The van der Waals surface area contributed by atoms with Crippen LogP contribution >= 0.6 is 0 Å². The van der Waals surface area contributed by atoms with E-state index in [9.17, 15) is 21.6 Å². The lowest BCUT2D eigenvalue weighted by Gasteiger charge is -2.25. The number of aryl methyl sites for hydroxylation is 5. The normalized spacial score (nSPS) is 11.6. The van der Waals surface area contributed by atoms with E-state index in [1.54, 1.807) is 24.3 Å². The van der Waals surface area contributed by atoms with Crippen molar-refractivity contribution >= 4 is 43.0 Å². The van der Waals surface area contributed by atoms with Crippen molar-refractivity contribution in [2.75, 3.05) is 20.9 Å². The molecule has 10 heteroatoms. The van der Waals surface area contributed by atoms with Crippen LogP contribution in [0.5, 0.6) is 0 Å². The smallest absolute Gasteiger partial charge is 0.264 e. The third kappa shape index (κ3) is 6.96. The first-order valence-electron chi connectivity index (χ1n) is 12.9. The van der Waals surface area contributed by atoms with Crippen LogP contribution in [0.3, 0.4) is 0 Å². The van der Waals surface area contributed by atoms with E-state index >= 15 is 0 Å². The summed E-state index contributed by atoms with van der Waals surface area (Å²) in [5, 5.41) is 2.69. The highest BCUT2D eigenvalue weighted by Crippen LogP contribution is 2.27. The van der Waals surface area contributed by atoms with E-state index in [2.05, 4.69) is 10.0 Å². The van der Waals surface area contributed by atoms with Gasteiger partial charge < -0.3 is 5.32 Å². The average molecular weight is 592 g/mol. The molecule has 0 aromatic heterocycles. The standard InChI is InChI=1S/C31H33N3O5S2/c1-21-9-13-29(14-10-21)41(38,39)34(27-18-22(2)17-23(3)19-27)20-30(35)32-26-11-15-28(16-12-26)40(36,37)33-31-24(4)7-6-8-25(31)5/h6-19,33H,20H2,1-5H3,(H,32,35). The SMILES string of the molecule is Cc1ccc(S(=O)(=O)N(CC(=O)Nc2ccc(S(=O)(=O)Nc3c(C)cccc3C)cc2)c2cc(C)cc(C)c2)cc1. The Kier molecular flexibility index (Phi) is 8.55. The number of nitrogens with zero attached hydrogens (tertiary/aromatic N) is 1. The number of anilines is 3. The zero-order valence-corrected chi connectivity index (χ0v) is 25.2. The van der Waals surface area contributed by atoms with Crippen LogP contribution in [0.1, 0.15) is 27.8 Å². The average Bonchev–Trinajstić information content (AvgIpc) is 2.89. The highest BCUT2D eigenvalue weighted by molar-refractivity contribution is 7.93. The molecular formula is C31H33N3O5S2. The van der Waals surface area contributed by atoms with Gasteiger partial charge in [0.1, 0.15) is 6.54 Å². The van der Waals surface area contributed by atoms with Crippen molar-refractivity contribution in [3.8, 4) is 0 Å². The van der Waals surface area contributed by atoms with E-state index in [0.29, 0.717) is 17.1 Å². The summed E-state index contributed by atoms with van der Waals surface area (Å²) in [6.45, 7) is 8.75. The first-order valence-corrected chi connectivity index (χ1v) is 15.9. The molecule has 0 bridgehead atoms. The maximum absolute atomic E-state index is 13.7. The van der Waals surface area contributed by atoms with Crippen LogP contribution in [-0.4, -0.2) is 29.3 Å². The van der Waals surface area contributed by atoms with E-state index in [1.165, 1.54) is 36.4 Å². The molecule has 4 aromatic carbocycles. The highest BCUT2D eigenvalue weighted by Gasteiger charge is 2.28. The summed E-state index contributed by atoms with van der Waals surface area (Å²) in [7, 11) is -7.94. The first kappa shape index (κ1) is 29.8. The van der Waals surface area contributed by atoms with Crippen molar-refractivity contribution in [1.29, 1.82) is 0 Å². The topological polar surface area (TPSA) is 113 Å². The van der Waals surface area contributed by atoms with Crippen molar-refractivity contribution in [1.82, 2.24) is 0 Å². The van der Waals surface area contributed by atoms with Gasteiger partial charge in [0.15, 0.2) is 0 Å². The van der Waals surface area contributed by atoms with Gasteiger partial charge in [-0.3, -0.25) is 13.8 Å². The number of sulfonamides is 2. The van der Waals surface area contributed by atoms with Crippen LogP contribution in [0.25, 0.3) is 0 Å². The molecule has 0 saturated heterocycles. The monoisotopic (exact) mass is 591 g/mol. The fraction of sp³-hybridized carbons (Fsp3) is 0.194. The highest BCUT2D eigenvalue weighted by atomic mass is 32.2. The number of hydrogen-bond donors (Lipinski definition) is 2. The lowest BCUT2D eigenvalue weighted by Crippen LogP contribution is -2.38. The number of rotatable bonds is 9. The van der Waals surface area contributed by atoms with Crippen LogP contribution in [0.2, 0.25) is 0 Å². The van der Waals surface area contributed by atoms with Gasteiger partial charge in [0.05, 0.1) is 21.2 Å². The zero-order chi connectivity index (χ0) is 29.9. The fourth-order valence-electron chi connectivity index (χ4n) is 4.46. The predicted octanol–water partition coefficient (Wildman–Crippen LogP) is 5.86. The summed E-state index contributed by atoms with van der Waals surface area (Å²) in [6, 6.07) is 23.0. The summed E-state index contributed by atoms with van der Waals surface area (Å²) in [5.74, 6) is -0.580. The number of para-hydroxylation sites is 1. The maximum Gasteiger partial charge on any atom is 0.264 e. The molecule has 8 nitrogen and oxygen atoms in total. The Labute approximate surface area is 242 Å². The van der Waals surface area contributed by atoms with Gasteiger partial charge in [0.25, 0.3) is 20.0 Å². The van der Waals surface area contributed by atoms with Crippen molar-refractivity contribution in [2.24, 2.45) is 0 Å². The Bertz CT molecular complexity index is 1760. The molecule has 0 saturated carbocycles. The molecule has 0 aliphatic rings. The van der Waals surface area contributed by atoms with E-state index in [4.69, 9.17) is 0 Å². The molecule has 4 aromatic rings. The van der Waals surface area contributed by atoms with E-state index < -0.39 is 32.5 Å². The Morgan fingerprint density at radius 3 is 1.78 bits per heavy atom. The lowest BCUT2D eigenvalue weighted by molar-refractivity contribution is -0.114. The predicted molar refractivity (Wildman–Crippen MR) is 163 cm³/mol. The molecular weight excluding hydrogens is 558 g/mol. The fourth-order valence-corrected chi connectivity index (χ4v) is 7.07. The second kappa shape index (κ2) is 11.8. The summed E-state index contributed by atoms with van der Waals surface area (Å²) < 4.78 is 57.1. The van der Waals surface area contributed by atoms with Crippen LogP contribution in [0.4, 0.5) is 17.1 Å². The molecule has 0 unspecified atom stereocenters. The van der Waals surface area contributed by atoms with Crippen LogP contribution in [0.15, 0.2) is 94.7 Å². The van der Waals surface area contributed by atoms with Crippen molar-refractivity contribution in [3.05, 3.63) is 113 Å². The van der Waals surface area contributed by atoms with Crippen LogP contribution in [0, 0.1) is 34.6 Å². The Morgan fingerprint density at radius 2 is 1.22 bits per heavy atom. The molecule has 0 spiro atoms. The first-order chi connectivity index (χ1) is 19.3. The largest absolute Gasteiger partial charge is 0.325 e. The third-order valence-corrected chi connectivity index (χ3v) is 9.71. The summed E-state index contributed by atoms with van der Waals surface area (Å²) >= 11 is 0. The Morgan fingerprint density at radius 1 is 0.683 bits per heavy atom. The second-order valence-electron chi connectivity index (χ2n) is 10.1. The van der Waals surface area contributed by atoms with Gasteiger partial charge in [-0.1, -0.05) is 42.0 Å². The molecule has 0 atom stereocenters. The van der Waals surface area contributed by atoms with Crippen LogP contribution in [-0.2, 0) is 24.8 Å². The zero-order valence-electron chi connectivity index (χ0n) is 23.6. The van der Waals surface area contributed by atoms with Gasteiger partial charge in [0, 0.05) is 5.69 Å². The molecule has 0 aliphatic carbocycles. The molecule has 2 N–H and O–H groups in total. The van der Waals surface area contributed by atoms with Crippen molar-refractivity contribution < 1.29 is 21.6 Å². The summed E-state index contributed by atoms with van der Waals surface area (Å²) in [4.78, 5) is 13.2. The number of amides is 1. The third-order valence-electron chi connectivity index (χ3n) is 6.56. The Balaban J connectivity index is 1.56. The van der Waals surface area contributed by atoms with E-state index in [0.717, 1.165) is 32.1 Å². The second-order valence-corrected chi connectivity index (χ2v) is 13.7. The van der Waals surface area contributed by atoms with Gasteiger partial charge in [-0.05, 0) is 105 Å². The van der Waals surface area contributed by atoms with Gasteiger partial charge in [-0.2, -0.15) is 0 Å². The molecule has 0 fully saturated rings. The minimum Gasteiger partial charge on any atom is -0.325 e. The molecule has 0 aliphatic heterocycles. The molecule has 214 valence electrons. The molecule has 0 heterocycles. The minimum absolute atomic E-state index is 0.0250. The van der Waals surface area contributed by atoms with Crippen molar-refractivity contribution in [3.63, 3.8) is 0 Å². The quantitative estimate of drug-likeness (QED) is 0.253. The lowest BCUT2D eigenvalue weighted by atomic mass is 10.1. The van der Waals surface area contributed by atoms with Gasteiger partial charge in [-0.25, -0.2) is 16.8 Å². The van der Waals surface area contributed by atoms with Crippen molar-refractivity contribution in [2.45, 2.75) is 44.4 Å². The van der Waals surface area contributed by atoms with E-state index in [1.807, 2.05) is 58.9 Å². The number of carbonyl (C=O) groups is 1. The summed E-state index contributed by atoms with van der Waals surface area (Å²) in [5.41, 5.74) is 5.44. The molecule has 1 amide bonds. The van der Waals surface area contributed by atoms with E-state index in [-0.39, 0.29) is 9.79 Å². The molecule has 4 rings (SSSR count). The molecule has 0 radical (unpaired) electrons. The van der Waals surface area contributed by atoms with Gasteiger partial charge in [0.2, 0.25) is 5.91 Å². The summed E-state index contributed by atoms with van der Waals surface area (Å²) in [6.07, 6.45) is 0. The van der Waals surface area contributed by atoms with Gasteiger partial charge in [-0.15, -0.1) is 0 Å². The Hall–Kier alpha value is -4.15. The number of benzene rings is 4.